The Hall–Kier alpha value is 0.0700. The minimum absolute atomic E-state index is 0.0754. The molecular formula is C9H9Br2FO. The van der Waals surface area contributed by atoms with Gasteiger partial charge in [-0.25, -0.2) is 4.39 Å². The van der Waals surface area contributed by atoms with E-state index in [1.165, 1.54) is 6.07 Å². The number of alkyl halides is 1. The van der Waals surface area contributed by atoms with Crippen LogP contribution in [0.5, 0.6) is 0 Å². The van der Waals surface area contributed by atoms with Crippen molar-refractivity contribution in [1.82, 2.24) is 0 Å². The molecule has 0 saturated carbocycles. The molecule has 0 aliphatic heterocycles. The molecule has 0 aliphatic carbocycles. The summed E-state index contributed by atoms with van der Waals surface area (Å²) in [7, 11) is 0. The van der Waals surface area contributed by atoms with Gasteiger partial charge in [0, 0.05) is 16.4 Å². The number of hydrogen-bond donors (Lipinski definition) is 1. The van der Waals surface area contributed by atoms with Crippen LogP contribution in [0.4, 0.5) is 4.39 Å². The molecule has 4 heteroatoms. The van der Waals surface area contributed by atoms with E-state index in [9.17, 15) is 4.39 Å². The molecule has 0 aromatic heterocycles. The maximum Gasteiger partial charge on any atom is 0.128 e. The summed E-state index contributed by atoms with van der Waals surface area (Å²) < 4.78 is 13.9. The average Bonchev–Trinajstić information content (AvgIpc) is 2.10. The Labute approximate surface area is 93.2 Å². The van der Waals surface area contributed by atoms with Crippen molar-refractivity contribution in [1.29, 1.82) is 0 Å². The predicted molar refractivity (Wildman–Crippen MR) is 57.5 cm³/mol. The summed E-state index contributed by atoms with van der Waals surface area (Å²) in [5.41, 5.74) is 1.55. The highest BCUT2D eigenvalue weighted by Crippen LogP contribution is 2.23. The minimum atomic E-state index is -0.231. The van der Waals surface area contributed by atoms with Crippen LogP contribution in [0.15, 0.2) is 16.6 Å². The molecule has 13 heavy (non-hydrogen) atoms. The van der Waals surface area contributed by atoms with Gasteiger partial charge < -0.3 is 5.11 Å². The van der Waals surface area contributed by atoms with E-state index in [0.717, 1.165) is 5.56 Å². The molecule has 0 saturated heterocycles. The molecule has 72 valence electrons. The van der Waals surface area contributed by atoms with Crippen molar-refractivity contribution in [2.75, 3.05) is 6.61 Å². The van der Waals surface area contributed by atoms with Gasteiger partial charge in [0.15, 0.2) is 0 Å². The fraction of sp³-hybridized carbons (Fsp3) is 0.333. The van der Waals surface area contributed by atoms with E-state index < -0.39 is 0 Å². The van der Waals surface area contributed by atoms with Gasteiger partial charge in [0.1, 0.15) is 5.82 Å². The van der Waals surface area contributed by atoms with Crippen LogP contribution in [0.1, 0.15) is 11.1 Å². The molecule has 0 unspecified atom stereocenters. The molecule has 1 rings (SSSR count). The zero-order chi connectivity index (χ0) is 9.84. The second-order valence-corrected chi connectivity index (χ2v) is 4.06. The Morgan fingerprint density at radius 2 is 2.00 bits per heavy atom. The molecule has 1 aromatic carbocycles. The third kappa shape index (κ3) is 2.76. The number of benzene rings is 1. The zero-order valence-electron chi connectivity index (χ0n) is 6.86. The first-order valence-corrected chi connectivity index (χ1v) is 5.74. The lowest BCUT2D eigenvalue weighted by molar-refractivity contribution is 0.299. The summed E-state index contributed by atoms with van der Waals surface area (Å²) in [5.74, 6) is -0.231. The van der Waals surface area contributed by atoms with Crippen molar-refractivity contribution in [2.24, 2.45) is 0 Å². The van der Waals surface area contributed by atoms with Crippen LogP contribution >= 0.6 is 31.9 Å². The van der Waals surface area contributed by atoms with Gasteiger partial charge in [0.25, 0.3) is 0 Å². The molecule has 1 nitrogen and oxygen atoms in total. The average molecular weight is 312 g/mol. The fourth-order valence-corrected chi connectivity index (χ4v) is 2.00. The Kier molecular flexibility index (Phi) is 4.35. The summed E-state index contributed by atoms with van der Waals surface area (Å²) in [6.45, 7) is 0.0754. The largest absolute Gasteiger partial charge is 0.396 e. The van der Waals surface area contributed by atoms with Gasteiger partial charge >= 0.3 is 0 Å². The van der Waals surface area contributed by atoms with Crippen molar-refractivity contribution in [3.63, 3.8) is 0 Å². The first-order chi connectivity index (χ1) is 6.19. The minimum Gasteiger partial charge on any atom is -0.396 e. The molecule has 1 N–H and O–H groups in total. The van der Waals surface area contributed by atoms with Gasteiger partial charge in [-0.15, -0.1) is 0 Å². The van der Waals surface area contributed by atoms with Crippen molar-refractivity contribution in [3.05, 3.63) is 33.5 Å². The van der Waals surface area contributed by atoms with Crippen molar-refractivity contribution in [2.45, 2.75) is 11.8 Å². The second kappa shape index (κ2) is 5.08. The van der Waals surface area contributed by atoms with Crippen molar-refractivity contribution >= 4 is 31.9 Å². The lowest BCUT2D eigenvalue weighted by atomic mass is 10.1. The van der Waals surface area contributed by atoms with Crippen molar-refractivity contribution in [3.8, 4) is 0 Å². The molecule has 0 radical (unpaired) electrons. The molecule has 0 heterocycles. The van der Waals surface area contributed by atoms with Crippen LogP contribution in [0.25, 0.3) is 0 Å². The van der Waals surface area contributed by atoms with Crippen LogP contribution in [0, 0.1) is 5.82 Å². The Bertz CT molecular complexity index is 302. The van der Waals surface area contributed by atoms with Gasteiger partial charge in [-0.2, -0.15) is 0 Å². The molecule has 1 aromatic rings. The van der Waals surface area contributed by atoms with Crippen LogP contribution < -0.4 is 0 Å². The van der Waals surface area contributed by atoms with Crippen LogP contribution in [-0.4, -0.2) is 11.7 Å². The van der Waals surface area contributed by atoms with Gasteiger partial charge in [-0.05, 0) is 23.6 Å². The van der Waals surface area contributed by atoms with E-state index in [2.05, 4.69) is 31.9 Å². The topological polar surface area (TPSA) is 20.2 Å². The lowest BCUT2D eigenvalue weighted by Gasteiger charge is -2.06. The first kappa shape index (κ1) is 11.1. The molecule has 0 fully saturated rings. The number of rotatable bonds is 3. The molecule has 0 aliphatic rings. The number of aliphatic hydroxyl groups excluding tert-OH is 1. The highest BCUT2D eigenvalue weighted by Gasteiger charge is 2.06. The van der Waals surface area contributed by atoms with Crippen molar-refractivity contribution < 1.29 is 9.50 Å². The molecule has 0 bridgehead atoms. The van der Waals surface area contributed by atoms with E-state index in [1.807, 2.05) is 0 Å². The Balaban J connectivity index is 3.06. The monoisotopic (exact) mass is 310 g/mol. The van der Waals surface area contributed by atoms with E-state index in [1.54, 1.807) is 6.07 Å². The van der Waals surface area contributed by atoms with E-state index in [4.69, 9.17) is 5.11 Å². The fourth-order valence-electron chi connectivity index (χ4n) is 1.06. The SMILES string of the molecule is OCCc1cc(CBr)c(F)cc1Br. The highest BCUT2D eigenvalue weighted by atomic mass is 79.9. The van der Waals surface area contributed by atoms with Crippen LogP contribution in [0.2, 0.25) is 0 Å². The van der Waals surface area contributed by atoms with Crippen LogP contribution in [-0.2, 0) is 11.8 Å². The second-order valence-electron chi connectivity index (χ2n) is 2.64. The maximum absolute atomic E-state index is 13.1. The van der Waals surface area contributed by atoms with E-state index >= 15 is 0 Å². The van der Waals surface area contributed by atoms with Gasteiger partial charge in [-0.3, -0.25) is 0 Å². The number of aliphatic hydroxyl groups is 1. The van der Waals surface area contributed by atoms with Crippen LogP contribution in [0.3, 0.4) is 0 Å². The zero-order valence-corrected chi connectivity index (χ0v) is 10.0. The predicted octanol–water partition coefficient (Wildman–Crippen LogP) is 3.02. The summed E-state index contributed by atoms with van der Waals surface area (Å²) in [6.07, 6.45) is 0.543. The smallest absolute Gasteiger partial charge is 0.128 e. The maximum atomic E-state index is 13.1. The molecular weight excluding hydrogens is 303 g/mol. The summed E-state index contributed by atoms with van der Waals surface area (Å²) in [5, 5.41) is 9.24. The standard InChI is InChI=1S/C9H9Br2FO/c10-5-7-3-6(1-2-13)8(11)4-9(7)12/h3-4,13H,1-2,5H2. The third-order valence-corrected chi connectivity index (χ3v) is 3.08. The number of halogens is 3. The Morgan fingerprint density at radius 3 is 2.54 bits per heavy atom. The Morgan fingerprint density at radius 1 is 1.31 bits per heavy atom. The highest BCUT2D eigenvalue weighted by molar-refractivity contribution is 9.10. The quantitative estimate of drug-likeness (QED) is 0.851. The van der Waals surface area contributed by atoms with Gasteiger partial charge in [0.05, 0.1) is 0 Å². The van der Waals surface area contributed by atoms with Gasteiger partial charge in [-0.1, -0.05) is 37.9 Å². The molecule has 0 spiro atoms. The van der Waals surface area contributed by atoms with E-state index in [0.29, 0.717) is 21.8 Å². The third-order valence-electron chi connectivity index (χ3n) is 1.74. The molecule has 0 atom stereocenters. The lowest BCUT2D eigenvalue weighted by Crippen LogP contribution is -1.96. The number of hydrogen-bond acceptors (Lipinski definition) is 1. The van der Waals surface area contributed by atoms with E-state index in [-0.39, 0.29) is 12.4 Å². The summed E-state index contributed by atoms with van der Waals surface area (Å²) >= 11 is 6.45. The first-order valence-electron chi connectivity index (χ1n) is 3.82. The van der Waals surface area contributed by atoms with Gasteiger partial charge in [0.2, 0.25) is 0 Å². The summed E-state index contributed by atoms with van der Waals surface area (Å²) in [4.78, 5) is 0. The summed E-state index contributed by atoms with van der Waals surface area (Å²) in [6, 6.07) is 3.19. The normalized spacial score (nSPS) is 10.5. The molecule has 0 amide bonds.